The van der Waals surface area contributed by atoms with E-state index in [0.717, 1.165) is 28.2 Å². The Morgan fingerprint density at radius 1 is 1.13 bits per heavy atom. The Kier molecular flexibility index (Phi) is 4.64. The molecule has 2 aromatic carbocycles. The minimum Gasteiger partial charge on any atom is -0.497 e. The summed E-state index contributed by atoms with van der Waals surface area (Å²) in [7, 11) is 3.31. The Morgan fingerprint density at radius 3 is 2.63 bits per heavy atom. The topological polar surface area (TPSA) is 64.3 Å². The first kappa shape index (κ1) is 19.0. The number of fused-ring (bicyclic) bond motifs is 4. The Morgan fingerprint density at radius 2 is 1.90 bits per heavy atom. The van der Waals surface area contributed by atoms with Gasteiger partial charge in [-0.1, -0.05) is 30.3 Å². The Balaban J connectivity index is 1.77. The maximum Gasteiger partial charge on any atom is 0.214 e. The van der Waals surface area contributed by atoms with E-state index in [1.165, 1.54) is 10.9 Å². The van der Waals surface area contributed by atoms with Crippen molar-refractivity contribution in [3.63, 3.8) is 0 Å². The molecule has 0 bridgehead atoms. The van der Waals surface area contributed by atoms with Gasteiger partial charge in [0.05, 0.1) is 26.0 Å². The lowest BCUT2D eigenvalue weighted by Gasteiger charge is -2.26. The Labute approximate surface area is 179 Å². The quantitative estimate of drug-likeness (QED) is 0.413. The van der Waals surface area contributed by atoms with Crippen molar-refractivity contribution in [2.75, 3.05) is 20.8 Å². The molecular formula is C23H23N3O3S. The molecular weight excluding hydrogens is 398 g/mol. The van der Waals surface area contributed by atoms with Crippen LogP contribution in [-0.2, 0) is 17.7 Å². The predicted octanol–water partition coefficient (Wildman–Crippen LogP) is 4.40. The van der Waals surface area contributed by atoms with Gasteiger partial charge < -0.3 is 24.1 Å². The monoisotopic (exact) mass is 421 g/mol. The Bertz CT molecular complexity index is 1280. The highest BCUT2D eigenvalue weighted by atomic mass is 32.1. The van der Waals surface area contributed by atoms with E-state index in [4.69, 9.17) is 21.7 Å². The summed E-state index contributed by atoms with van der Waals surface area (Å²) in [4.78, 5) is 3.62. The molecule has 1 atom stereocenters. The summed E-state index contributed by atoms with van der Waals surface area (Å²) in [5.74, 6) is 1.02. The van der Waals surface area contributed by atoms with E-state index >= 15 is 0 Å². The summed E-state index contributed by atoms with van der Waals surface area (Å²) < 4.78 is 15.0. The number of ether oxygens (including phenoxy) is 2. The lowest BCUT2D eigenvalue weighted by atomic mass is 9.93. The third-order valence-electron chi connectivity index (χ3n) is 5.91. The fraction of sp³-hybridized carbons (Fsp3) is 0.261. The SMILES string of the molecule is COCCn1c(O)c2n(c1=S)C(c1ccc(OC)cc1)c1[nH]c3ccccc3c1C2. The molecule has 0 saturated heterocycles. The second kappa shape index (κ2) is 7.34. The highest BCUT2D eigenvalue weighted by Crippen LogP contribution is 2.42. The van der Waals surface area contributed by atoms with Gasteiger partial charge in [-0.2, -0.15) is 0 Å². The number of aromatic amines is 1. The van der Waals surface area contributed by atoms with Gasteiger partial charge in [0.2, 0.25) is 5.88 Å². The van der Waals surface area contributed by atoms with Crippen LogP contribution in [-0.4, -0.2) is 40.1 Å². The van der Waals surface area contributed by atoms with Crippen LogP contribution in [0.4, 0.5) is 0 Å². The van der Waals surface area contributed by atoms with E-state index in [1.54, 1.807) is 18.8 Å². The Hall–Kier alpha value is -3.03. The molecule has 1 aliphatic rings. The number of rotatable bonds is 5. The molecule has 4 aromatic rings. The van der Waals surface area contributed by atoms with E-state index in [-0.39, 0.29) is 11.9 Å². The standard InChI is InChI=1S/C23H23N3O3S/c1-28-12-11-25-22(27)19-13-17-16-5-3-4-6-18(16)24-20(17)21(26(19)23(25)30)14-7-9-15(29-2)10-8-14/h3-10,21,24,27H,11-13H2,1-2H3. The van der Waals surface area contributed by atoms with Gasteiger partial charge in [-0.15, -0.1) is 0 Å². The molecule has 0 amide bonds. The molecule has 0 spiro atoms. The highest BCUT2D eigenvalue weighted by Gasteiger charge is 2.34. The summed E-state index contributed by atoms with van der Waals surface area (Å²) in [6, 6.07) is 16.1. The number of aromatic nitrogens is 3. The normalized spacial score (nSPS) is 15.2. The number of benzene rings is 2. The van der Waals surface area contributed by atoms with Crippen LogP contribution in [0, 0.1) is 4.77 Å². The van der Waals surface area contributed by atoms with Gasteiger partial charge in [0, 0.05) is 30.1 Å². The first-order chi connectivity index (χ1) is 14.6. The van der Waals surface area contributed by atoms with Gasteiger partial charge >= 0.3 is 0 Å². The molecule has 0 radical (unpaired) electrons. The molecule has 3 heterocycles. The minimum absolute atomic E-state index is 0.163. The lowest BCUT2D eigenvalue weighted by Crippen LogP contribution is -2.21. The average molecular weight is 422 g/mol. The molecule has 0 aliphatic carbocycles. The van der Waals surface area contributed by atoms with Gasteiger partial charge in [-0.25, -0.2) is 0 Å². The van der Waals surface area contributed by atoms with Crippen molar-refractivity contribution >= 4 is 23.1 Å². The van der Waals surface area contributed by atoms with Crippen molar-refractivity contribution < 1.29 is 14.6 Å². The number of nitrogens with zero attached hydrogens (tertiary/aromatic N) is 2. The van der Waals surface area contributed by atoms with Gasteiger partial charge in [0.15, 0.2) is 4.77 Å². The minimum atomic E-state index is -0.163. The van der Waals surface area contributed by atoms with Crippen molar-refractivity contribution in [2.45, 2.75) is 19.0 Å². The summed E-state index contributed by atoms with van der Waals surface area (Å²) in [5.41, 5.74) is 5.29. The van der Waals surface area contributed by atoms with Crippen molar-refractivity contribution in [1.29, 1.82) is 0 Å². The van der Waals surface area contributed by atoms with Crippen LogP contribution in [0.3, 0.4) is 0 Å². The van der Waals surface area contributed by atoms with Crippen LogP contribution < -0.4 is 4.74 Å². The van der Waals surface area contributed by atoms with E-state index in [0.29, 0.717) is 24.3 Å². The van der Waals surface area contributed by atoms with Crippen LogP contribution in [0.25, 0.3) is 10.9 Å². The van der Waals surface area contributed by atoms with Gasteiger partial charge in [0.25, 0.3) is 0 Å². The number of H-pyrrole nitrogens is 1. The average Bonchev–Trinajstić information content (AvgIpc) is 3.26. The van der Waals surface area contributed by atoms with Crippen LogP contribution in [0.5, 0.6) is 11.6 Å². The number of hydrogen-bond donors (Lipinski definition) is 2. The lowest BCUT2D eigenvalue weighted by molar-refractivity contribution is 0.183. The maximum absolute atomic E-state index is 11.1. The van der Waals surface area contributed by atoms with Crippen LogP contribution >= 0.6 is 12.2 Å². The molecule has 1 aliphatic heterocycles. The summed E-state index contributed by atoms with van der Waals surface area (Å²) in [6.07, 6.45) is 0.613. The smallest absolute Gasteiger partial charge is 0.214 e. The predicted molar refractivity (Wildman–Crippen MR) is 118 cm³/mol. The second-order valence-corrected chi connectivity index (χ2v) is 7.85. The number of aromatic hydroxyl groups is 1. The fourth-order valence-electron chi connectivity index (χ4n) is 4.46. The first-order valence-corrected chi connectivity index (χ1v) is 10.3. The van der Waals surface area contributed by atoms with E-state index < -0.39 is 0 Å². The van der Waals surface area contributed by atoms with Crippen molar-refractivity contribution in [3.8, 4) is 11.6 Å². The van der Waals surface area contributed by atoms with Crippen molar-refractivity contribution in [2.24, 2.45) is 0 Å². The van der Waals surface area contributed by atoms with Gasteiger partial charge in [0.1, 0.15) is 11.8 Å². The van der Waals surface area contributed by atoms with Gasteiger partial charge in [-0.3, -0.25) is 4.57 Å². The second-order valence-electron chi connectivity index (χ2n) is 7.48. The van der Waals surface area contributed by atoms with Crippen molar-refractivity contribution in [1.82, 2.24) is 14.1 Å². The van der Waals surface area contributed by atoms with Gasteiger partial charge in [-0.05, 0) is 41.5 Å². The number of hydrogen-bond acceptors (Lipinski definition) is 4. The number of imidazole rings is 1. The third-order valence-corrected chi connectivity index (χ3v) is 6.33. The molecule has 6 nitrogen and oxygen atoms in total. The fourth-order valence-corrected chi connectivity index (χ4v) is 4.85. The number of methoxy groups -OCH3 is 2. The molecule has 30 heavy (non-hydrogen) atoms. The van der Waals surface area contributed by atoms with Crippen LogP contribution in [0.2, 0.25) is 0 Å². The maximum atomic E-state index is 11.1. The van der Waals surface area contributed by atoms with Crippen LogP contribution in [0.1, 0.15) is 28.6 Å². The zero-order chi connectivity index (χ0) is 20.8. The first-order valence-electron chi connectivity index (χ1n) is 9.89. The molecule has 2 N–H and O–H groups in total. The highest BCUT2D eigenvalue weighted by molar-refractivity contribution is 7.71. The van der Waals surface area contributed by atoms with E-state index in [2.05, 4.69) is 33.8 Å². The van der Waals surface area contributed by atoms with Crippen LogP contribution in [0.15, 0.2) is 48.5 Å². The summed E-state index contributed by atoms with van der Waals surface area (Å²) in [5, 5.41) is 12.2. The summed E-state index contributed by atoms with van der Waals surface area (Å²) >= 11 is 5.82. The number of para-hydroxylation sites is 1. The van der Waals surface area contributed by atoms with Crippen molar-refractivity contribution in [3.05, 3.63) is 75.8 Å². The molecule has 5 rings (SSSR count). The molecule has 2 aromatic heterocycles. The molecule has 1 unspecified atom stereocenters. The largest absolute Gasteiger partial charge is 0.497 e. The number of nitrogens with one attached hydrogen (secondary N) is 1. The third kappa shape index (κ3) is 2.77. The molecule has 0 fully saturated rings. The summed E-state index contributed by atoms with van der Waals surface area (Å²) in [6.45, 7) is 0.984. The zero-order valence-electron chi connectivity index (χ0n) is 16.9. The molecule has 7 heteroatoms. The van der Waals surface area contributed by atoms with E-state index in [1.807, 2.05) is 24.3 Å². The molecule has 0 saturated carbocycles. The van der Waals surface area contributed by atoms with E-state index in [9.17, 15) is 5.11 Å². The molecule has 154 valence electrons. The zero-order valence-corrected chi connectivity index (χ0v) is 17.7.